The maximum atomic E-state index is 13.5. The van der Waals surface area contributed by atoms with Gasteiger partial charge in [-0.1, -0.05) is 5.21 Å². The maximum Gasteiger partial charge on any atom is 0.353 e. The number of imidazole rings is 1. The lowest BCUT2D eigenvalue weighted by atomic mass is 9.88. The van der Waals surface area contributed by atoms with E-state index in [0.29, 0.717) is 17.5 Å². The molecule has 0 radical (unpaired) electrons. The van der Waals surface area contributed by atoms with Crippen LogP contribution in [0.15, 0.2) is 21.0 Å². The highest BCUT2D eigenvalue weighted by Gasteiger charge is 2.33. The highest BCUT2D eigenvalue weighted by molar-refractivity contribution is 7.90. The van der Waals surface area contributed by atoms with Crippen molar-refractivity contribution >= 4 is 45.0 Å². The number of aromatic nitrogens is 5. The van der Waals surface area contributed by atoms with E-state index >= 15 is 0 Å². The van der Waals surface area contributed by atoms with E-state index in [-0.39, 0.29) is 59.6 Å². The van der Waals surface area contributed by atoms with Crippen molar-refractivity contribution < 1.29 is 22.7 Å². The van der Waals surface area contributed by atoms with Crippen LogP contribution >= 0.6 is 11.6 Å². The number of fused-ring (bicyclic) bond motifs is 2. The average Bonchev–Trinajstić information content (AvgIpc) is 3.43. The van der Waals surface area contributed by atoms with Crippen molar-refractivity contribution in [1.29, 1.82) is 0 Å². The average molecular weight is 679 g/mol. The van der Waals surface area contributed by atoms with E-state index in [1.54, 1.807) is 13.8 Å². The number of aryl methyl sites for hydroxylation is 1. The molecule has 46 heavy (non-hydrogen) atoms. The largest absolute Gasteiger partial charge is 0.487 e. The molecular weight excluding hydrogens is 640 g/mol. The molecule has 1 aliphatic rings. The Morgan fingerprint density at radius 3 is 2.61 bits per heavy atom. The second kappa shape index (κ2) is 13.6. The quantitative estimate of drug-likeness (QED) is 0.0951. The first kappa shape index (κ1) is 34.6. The number of carbonyl (C=O) groups is 2. The number of halogens is 1. The van der Waals surface area contributed by atoms with Gasteiger partial charge in [-0.15, -0.1) is 16.7 Å². The summed E-state index contributed by atoms with van der Waals surface area (Å²) in [4.78, 5) is 46.3. The highest BCUT2D eigenvalue weighted by Crippen LogP contribution is 2.42. The third-order valence-electron chi connectivity index (χ3n) is 7.90. The molecule has 18 heteroatoms. The predicted octanol–water partition coefficient (Wildman–Crippen LogP) is 0.471. The normalized spacial score (nSPS) is 15.2. The zero-order valence-electron chi connectivity index (χ0n) is 26.6. The summed E-state index contributed by atoms with van der Waals surface area (Å²) in [6.07, 6.45) is 2.97. The number of rotatable bonds is 11. The number of hydrogen-bond acceptors (Lipinski definition) is 10. The molecule has 0 spiro atoms. The van der Waals surface area contributed by atoms with Gasteiger partial charge in [-0.3, -0.25) is 14.6 Å². The van der Waals surface area contributed by atoms with Gasteiger partial charge in [-0.25, -0.2) is 27.3 Å². The third-order valence-corrected chi connectivity index (χ3v) is 9.70. The summed E-state index contributed by atoms with van der Waals surface area (Å²) >= 11 is 5.68. The number of hydrogen-bond donors (Lipinski definition) is 4. The Hall–Kier alpha value is -4.25. The Morgan fingerprint density at radius 2 is 1.93 bits per heavy atom. The minimum absolute atomic E-state index is 0.0564. The number of benzene rings is 1. The van der Waals surface area contributed by atoms with Crippen molar-refractivity contribution in [2.45, 2.75) is 83.4 Å². The molecule has 250 valence electrons. The Morgan fingerprint density at radius 1 is 1.22 bits per heavy atom. The number of amides is 2. The molecular formula is C28H39ClN10O6S. The number of nitrogens with two attached hydrogens (primary N) is 1. The maximum absolute atomic E-state index is 13.5. The number of sulfonamides is 1. The molecule has 0 fully saturated rings. The summed E-state index contributed by atoms with van der Waals surface area (Å²) in [5.74, 6) is -0.666. The van der Waals surface area contributed by atoms with Crippen molar-refractivity contribution in [1.82, 2.24) is 39.7 Å². The van der Waals surface area contributed by atoms with Crippen LogP contribution in [0.3, 0.4) is 0 Å². The number of ether oxygens (including phenoxy) is 1. The molecule has 2 aromatic heterocycles. The molecule has 0 unspecified atom stereocenters. The topological polar surface area (TPSA) is 217 Å². The van der Waals surface area contributed by atoms with Crippen molar-refractivity contribution in [3.63, 3.8) is 0 Å². The van der Waals surface area contributed by atoms with Gasteiger partial charge < -0.3 is 21.1 Å². The molecule has 0 bridgehead atoms. The fourth-order valence-corrected chi connectivity index (χ4v) is 7.04. The van der Waals surface area contributed by atoms with Crippen LogP contribution in [-0.2, 0) is 27.8 Å². The predicted molar refractivity (Wildman–Crippen MR) is 171 cm³/mol. The van der Waals surface area contributed by atoms with Gasteiger partial charge in [0.15, 0.2) is 11.3 Å². The second-order valence-corrected chi connectivity index (χ2v) is 13.6. The van der Waals surface area contributed by atoms with Crippen molar-refractivity contribution in [3.8, 4) is 5.75 Å². The van der Waals surface area contributed by atoms with Gasteiger partial charge in [-0.05, 0) is 82.6 Å². The van der Waals surface area contributed by atoms with Crippen molar-refractivity contribution in [2.24, 2.45) is 10.7 Å². The van der Waals surface area contributed by atoms with Crippen LogP contribution in [0.25, 0.3) is 5.65 Å². The van der Waals surface area contributed by atoms with E-state index in [2.05, 4.69) is 35.6 Å². The van der Waals surface area contributed by atoms with Gasteiger partial charge in [0, 0.05) is 19.5 Å². The molecule has 4 rings (SSSR count). The molecule has 0 saturated heterocycles. The lowest BCUT2D eigenvalue weighted by molar-refractivity contribution is -0.122. The van der Waals surface area contributed by atoms with Gasteiger partial charge in [0.1, 0.15) is 23.7 Å². The number of likely N-dealkylation sites (N-methyl/N-ethyl adjacent to an activating group) is 1. The molecule has 1 aromatic carbocycles. The van der Waals surface area contributed by atoms with Gasteiger partial charge in [-0.2, -0.15) is 4.68 Å². The molecule has 1 atom stereocenters. The molecule has 0 aliphatic carbocycles. The molecule has 5 N–H and O–H groups in total. The lowest BCUT2D eigenvalue weighted by Gasteiger charge is -2.35. The lowest BCUT2D eigenvalue weighted by Crippen LogP contribution is -2.46. The zero-order valence-corrected chi connectivity index (χ0v) is 28.2. The number of nitrogens with zero attached hydrogens (tertiary/aromatic N) is 6. The Balaban J connectivity index is 1.42. The number of alkyl halides is 1. The van der Waals surface area contributed by atoms with Crippen LogP contribution < -0.4 is 31.5 Å². The van der Waals surface area contributed by atoms with Crippen LogP contribution in [0.1, 0.15) is 65.9 Å². The van der Waals surface area contributed by atoms with Crippen LogP contribution in [0, 0.1) is 20.8 Å². The summed E-state index contributed by atoms with van der Waals surface area (Å²) in [5.41, 5.74) is 7.58. The molecule has 3 heterocycles. The van der Waals surface area contributed by atoms with E-state index in [1.807, 2.05) is 20.8 Å². The Labute approximate surface area is 271 Å². The Bertz CT molecular complexity index is 1870. The summed E-state index contributed by atoms with van der Waals surface area (Å²) in [6.45, 7) is 9.53. The molecule has 2 amide bonds. The van der Waals surface area contributed by atoms with Crippen molar-refractivity contribution in [2.75, 3.05) is 19.5 Å². The molecule has 0 saturated carbocycles. The first-order valence-electron chi connectivity index (χ1n) is 14.7. The van der Waals surface area contributed by atoms with Gasteiger partial charge >= 0.3 is 5.69 Å². The third kappa shape index (κ3) is 7.09. The van der Waals surface area contributed by atoms with E-state index in [1.165, 1.54) is 7.05 Å². The SMILES string of the molecule is CNC(=O)[C@H](CCCN=C(N)NS(=O)(=O)c1c(C)c(C)c2c(c1C)CCC(C)(C)O2)NC(=O)c1ncn2c(=O)n(CCCl)nnc12. The number of guanidine groups is 1. The fraction of sp³-hybridized carbons (Fsp3) is 0.536. The minimum atomic E-state index is -4.08. The number of carbonyl (C=O) groups excluding carboxylic acids is 2. The summed E-state index contributed by atoms with van der Waals surface area (Å²) in [7, 11) is -2.66. The first-order valence-corrected chi connectivity index (χ1v) is 16.7. The van der Waals surface area contributed by atoms with Crippen LogP contribution in [0.2, 0.25) is 0 Å². The van der Waals surface area contributed by atoms with E-state index in [4.69, 9.17) is 22.1 Å². The smallest absolute Gasteiger partial charge is 0.353 e. The van der Waals surface area contributed by atoms with Crippen LogP contribution in [-0.4, -0.2) is 81.7 Å². The van der Waals surface area contributed by atoms with Gasteiger partial charge in [0.25, 0.3) is 15.9 Å². The fourth-order valence-electron chi connectivity index (χ4n) is 5.35. The standard InChI is InChI=1S/C28H39ClN10O6S/c1-15-16(2)22(17(3)18-9-10-28(4,5)45-21(15)18)46(43,44)36-26(30)32-12-7-8-19(24(40)31-6)34-25(41)20-23-35-37-39(13-11-29)27(42)38(23)14-33-20/h14,19H,7-13H2,1-6H3,(H,31,40)(H,34,41)(H3,30,32,36)/t19-/m0/s1. The number of nitrogens with one attached hydrogen (secondary N) is 3. The van der Waals surface area contributed by atoms with Gasteiger partial charge in [0.2, 0.25) is 11.9 Å². The van der Waals surface area contributed by atoms with Gasteiger partial charge in [0.05, 0.1) is 11.4 Å². The van der Waals surface area contributed by atoms with E-state index in [0.717, 1.165) is 38.7 Å². The number of aliphatic imine (C=N–C) groups is 1. The summed E-state index contributed by atoms with van der Waals surface area (Å²) in [6, 6.07) is -0.997. The minimum Gasteiger partial charge on any atom is -0.487 e. The highest BCUT2D eigenvalue weighted by atomic mass is 35.5. The molecule has 16 nitrogen and oxygen atoms in total. The van der Waals surface area contributed by atoms with Crippen LogP contribution in [0.5, 0.6) is 5.75 Å². The van der Waals surface area contributed by atoms with E-state index in [9.17, 15) is 22.8 Å². The van der Waals surface area contributed by atoms with Crippen molar-refractivity contribution in [3.05, 3.63) is 44.8 Å². The molecule has 1 aliphatic heterocycles. The Kier molecular flexibility index (Phi) is 10.3. The second-order valence-electron chi connectivity index (χ2n) is 11.6. The summed E-state index contributed by atoms with van der Waals surface area (Å²) in [5, 5.41) is 12.8. The molecule has 3 aromatic rings. The van der Waals surface area contributed by atoms with Crippen LogP contribution in [0.4, 0.5) is 0 Å². The monoisotopic (exact) mass is 678 g/mol. The summed E-state index contributed by atoms with van der Waals surface area (Å²) < 4.78 is 37.6. The van der Waals surface area contributed by atoms with E-state index < -0.39 is 33.6 Å². The zero-order chi connectivity index (χ0) is 34.0. The first-order chi connectivity index (χ1) is 21.6.